The fourth-order valence-electron chi connectivity index (χ4n) is 1.67. The quantitative estimate of drug-likeness (QED) is 0.819. The second-order valence-corrected chi connectivity index (χ2v) is 5.91. The van der Waals surface area contributed by atoms with Crippen molar-refractivity contribution in [2.24, 2.45) is 0 Å². The fraction of sp³-hybridized carbons (Fsp3) is 0.462. The van der Waals surface area contributed by atoms with Crippen molar-refractivity contribution in [1.82, 2.24) is 4.90 Å². The van der Waals surface area contributed by atoms with Gasteiger partial charge in [-0.05, 0) is 31.7 Å². The van der Waals surface area contributed by atoms with Gasteiger partial charge in [-0.2, -0.15) is 5.26 Å². The maximum Gasteiger partial charge on any atom is 0.140 e. The van der Waals surface area contributed by atoms with Gasteiger partial charge in [-0.1, -0.05) is 6.07 Å². The van der Waals surface area contributed by atoms with Crippen LogP contribution in [0.25, 0.3) is 0 Å². The summed E-state index contributed by atoms with van der Waals surface area (Å²) in [6.45, 7) is 2.60. The first-order valence-electron chi connectivity index (χ1n) is 5.63. The van der Waals surface area contributed by atoms with E-state index in [-0.39, 0.29) is 11.6 Å². The second kappa shape index (κ2) is 6.62. The molecule has 3 nitrogen and oxygen atoms in total. The summed E-state index contributed by atoms with van der Waals surface area (Å²) in [6.07, 6.45) is 1.68. The first-order valence-corrected chi connectivity index (χ1v) is 7.35. The highest BCUT2D eigenvalue weighted by Gasteiger charge is 2.12. The molecular formula is C13H17FN2OS. The molecule has 1 aromatic carbocycles. The summed E-state index contributed by atoms with van der Waals surface area (Å²) >= 11 is 0. The van der Waals surface area contributed by atoms with E-state index < -0.39 is 16.6 Å². The standard InChI is InChI=1S/C13H17FN2OS/c1-10(9-18(3)17)16(2)8-11-4-5-13(14)12(6-11)7-15/h4-6,10H,8-9H2,1-3H3/t10-,18+/m0/s1. The van der Waals surface area contributed by atoms with Crippen LogP contribution in [-0.2, 0) is 17.3 Å². The van der Waals surface area contributed by atoms with Gasteiger partial charge in [0.2, 0.25) is 0 Å². The zero-order valence-electron chi connectivity index (χ0n) is 10.8. The molecule has 18 heavy (non-hydrogen) atoms. The van der Waals surface area contributed by atoms with Crippen LogP contribution in [0.1, 0.15) is 18.1 Å². The summed E-state index contributed by atoms with van der Waals surface area (Å²) in [4.78, 5) is 2.04. The lowest BCUT2D eigenvalue weighted by atomic mass is 10.1. The number of hydrogen-bond donors (Lipinski definition) is 0. The Bertz CT molecular complexity index is 484. The van der Waals surface area contributed by atoms with Crippen LogP contribution in [0.2, 0.25) is 0 Å². The molecule has 0 aromatic heterocycles. The van der Waals surface area contributed by atoms with E-state index in [1.54, 1.807) is 18.4 Å². The monoisotopic (exact) mass is 268 g/mol. The van der Waals surface area contributed by atoms with Crippen molar-refractivity contribution in [3.05, 3.63) is 35.1 Å². The van der Waals surface area contributed by atoms with E-state index in [4.69, 9.17) is 5.26 Å². The third-order valence-corrected chi connectivity index (χ3v) is 3.76. The molecule has 0 spiro atoms. The third-order valence-electron chi connectivity index (χ3n) is 2.81. The maximum absolute atomic E-state index is 13.2. The zero-order chi connectivity index (χ0) is 13.7. The van der Waals surface area contributed by atoms with E-state index in [0.29, 0.717) is 12.3 Å². The van der Waals surface area contributed by atoms with Crippen molar-refractivity contribution >= 4 is 10.8 Å². The summed E-state index contributed by atoms with van der Waals surface area (Å²) in [5.41, 5.74) is 0.941. The Morgan fingerprint density at radius 2 is 2.22 bits per heavy atom. The lowest BCUT2D eigenvalue weighted by Crippen LogP contribution is -2.32. The summed E-state index contributed by atoms with van der Waals surface area (Å²) in [5, 5.41) is 8.76. The molecule has 0 aliphatic carbocycles. The molecule has 5 heteroatoms. The Morgan fingerprint density at radius 3 is 2.78 bits per heavy atom. The van der Waals surface area contributed by atoms with E-state index in [1.165, 1.54) is 6.07 Å². The van der Waals surface area contributed by atoms with Crippen LogP contribution in [0, 0.1) is 17.1 Å². The van der Waals surface area contributed by atoms with E-state index in [2.05, 4.69) is 0 Å². The molecular weight excluding hydrogens is 251 g/mol. The van der Waals surface area contributed by atoms with Crippen LogP contribution in [0.15, 0.2) is 18.2 Å². The molecule has 2 atom stereocenters. The molecule has 0 heterocycles. The van der Waals surface area contributed by atoms with Gasteiger partial charge < -0.3 is 0 Å². The molecule has 1 rings (SSSR count). The minimum absolute atomic E-state index is 0.0626. The third kappa shape index (κ3) is 4.21. The molecule has 0 amide bonds. The lowest BCUT2D eigenvalue weighted by molar-refractivity contribution is 0.268. The fourth-order valence-corrected chi connectivity index (χ4v) is 2.60. The van der Waals surface area contributed by atoms with Gasteiger partial charge in [0, 0.05) is 35.4 Å². The van der Waals surface area contributed by atoms with Crippen molar-refractivity contribution in [3.8, 4) is 6.07 Å². The van der Waals surface area contributed by atoms with E-state index in [0.717, 1.165) is 5.56 Å². The number of nitrogens with zero attached hydrogens (tertiary/aromatic N) is 2. The Morgan fingerprint density at radius 1 is 1.56 bits per heavy atom. The second-order valence-electron chi connectivity index (χ2n) is 4.43. The van der Waals surface area contributed by atoms with Crippen molar-refractivity contribution in [3.63, 3.8) is 0 Å². The highest BCUT2D eigenvalue weighted by molar-refractivity contribution is 7.84. The molecule has 0 unspecified atom stereocenters. The number of rotatable bonds is 5. The van der Waals surface area contributed by atoms with Gasteiger partial charge in [0.15, 0.2) is 0 Å². The van der Waals surface area contributed by atoms with Crippen molar-refractivity contribution in [1.29, 1.82) is 5.26 Å². The molecule has 0 radical (unpaired) electrons. The van der Waals surface area contributed by atoms with Gasteiger partial charge in [-0.25, -0.2) is 4.39 Å². The van der Waals surface area contributed by atoms with Crippen molar-refractivity contribution < 1.29 is 8.60 Å². The number of benzene rings is 1. The molecule has 0 bridgehead atoms. The van der Waals surface area contributed by atoms with Crippen molar-refractivity contribution in [2.45, 2.75) is 19.5 Å². The number of halogens is 1. The Labute approximate surface area is 110 Å². The first kappa shape index (κ1) is 14.8. The summed E-state index contributed by atoms with van der Waals surface area (Å²) in [5.74, 6) is 0.106. The van der Waals surface area contributed by atoms with Gasteiger partial charge in [-0.15, -0.1) is 0 Å². The largest absolute Gasteiger partial charge is 0.299 e. The number of hydrogen-bond acceptors (Lipinski definition) is 3. The van der Waals surface area contributed by atoms with Crippen LogP contribution >= 0.6 is 0 Å². The average molecular weight is 268 g/mol. The van der Waals surface area contributed by atoms with Crippen LogP contribution in [-0.4, -0.2) is 34.2 Å². The molecule has 0 aliphatic rings. The van der Waals surface area contributed by atoms with Gasteiger partial charge in [0.05, 0.1) is 5.56 Å². The predicted octanol–water partition coefficient (Wildman–Crippen LogP) is 1.90. The molecule has 0 saturated heterocycles. The Kier molecular flexibility index (Phi) is 5.45. The van der Waals surface area contributed by atoms with Crippen molar-refractivity contribution in [2.75, 3.05) is 19.1 Å². The normalized spacial score (nSPS) is 14.2. The Hall–Kier alpha value is -1.25. The minimum atomic E-state index is -0.838. The van der Waals surface area contributed by atoms with Crippen LogP contribution in [0.3, 0.4) is 0 Å². The molecule has 0 N–H and O–H groups in total. The Balaban J connectivity index is 2.73. The SMILES string of the molecule is C[C@@H](C[S@@](C)=O)N(C)Cc1ccc(F)c(C#N)c1. The topological polar surface area (TPSA) is 44.1 Å². The van der Waals surface area contributed by atoms with Gasteiger partial charge >= 0.3 is 0 Å². The summed E-state index contributed by atoms with van der Waals surface area (Å²) in [6, 6.07) is 6.54. The van der Waals surface area contributed by atoms with Gasteiger partial charge in [0.1, 0.15) is 11.9 Å². The maximum atomic E-state index is 13.2. The van der Waals surface area contributed by atoms with Gasteiger partial charge in [-0.3, -0.25) is 9.11 Å². The molecule has 0 aliphatic heterocycles. The van der Waals surface area contributed by atoms with Gasteiger partial charge in [0.25, 0.3) is 0 Å². The first-order chi connectivity index (χ1) is 8.43. The van der Waals surface area contributed by atoms with E-state index in [9.17, 15) is 8.60 Å². The van der Waals surface area contributed by atoms with E-state index >= 15 is 0 Å². The molecule has 0 fully saturated rings. The summed E-state index contributed by atoms with van der Waals surface area (Å²) in [7, 11) is 1.09. The van der Waals surface area contributed by atoms with Crippen LogP contribution in [0.5, 0.6) is 0 Å². The molecule has 1 aromatic rings. The number of nitriles is 1. The van der Waals surface area contributed by atoms with Crippen LogP contribution < -0.4 is 0 Å². The van der Waals surface area contributed by atoms with Crippen LogP contribution in [0.4, 0.5) is 4.39 Å². The average Bonchev–Trinajstić information content (AvgIpc) is 2.30. The molecule has 98 valence electrons. The minimum Gasteiger partial charge on any atom is -0.299 e. The predicted molar refractivity (Wildman–Crippen MR) is 71.0 cm³/mol. The van der Waals surface area contributed by atoms with E-state index in [1.807, 2.05) is 24.9 Å². The smallest absolute Gasteiger partial charge is 0.140 e. The lowest BCUT2D eigenvalue weighted by Gasteiger charge is -2.24. The summed E-state index contributed by atoms with van der Waals surface area (Å²) < 4.78 is 24.3. The molecule has 0 saturated carbocycles. The highest BCUT2D eigenvalue weighted by atomic mass is 32.2. The highest BCUT2D eigenvalue weighted by Crippen LogP contribution is 2.12. The zero-order valence-corrected chi connectivity index (χ0v) is 11.6.